The zero-order chi connectivity index (χ0) is 12.3. The molecule has 1 heterocycles. The number of morpholine rings is 1. The summed E-state index contributed by atoms with van der Waals surface area (Å²) in [6.07, 6.45) is 5.40. The lowest BCUT2D eigenvalue weighted by Crippen LogP contribution is -3.16. The fourth-order valence-corrected chi connectivity index (χ4v) is 3.11. The second-order valence-corrected chi connectivity index (χ2v) is 5.64. The summed E-state index contributed by atoms with van der Waals surface area (Å²) in [5, 5.41) is 3.16. The Bertz CT molecular complexity index is 254. The lowest BCUT2D eigenvalue weighted by atomic mass is 10.2. The van der Waals surface area contributed by atoms with Crippen LogP contribution in [0.25, 0.3) is 0 Å². The SMILES string of the molecule is C[C@H]1C[NH+](CC(=O)NC2CCCC2)C[C@H](C)O1. The highest BCUT2D eigenvalue weighted by Crippen LogP contribution is 2.17. The molecule has 1 amide bonds. The molecule has 0 spiro atoms. The Morgan fingerprint density at radius 2 is 1.82 bits per heavy atom. The highest BCUT2D eigenvalue weighted by Gasteiger charge is 2.28. The molecule has 1 saturated carbocycles. The molecule has 1 aliphatic carbocycles. The van der Waals surface area contributed by atoms with Gasteiger partial charge in [-0.05, 0) is 26.7 Å². The number of rotatable bonds is 3. The number of hydrogen-bond donors (Lipinski definition) is 2. The number of hydrogen-bond acceptors (Lipinski definition) is 2. The fraction of sp³-hybridized carbons (Fsp3) is 0.923. The van der Waals surface area contributed by atoms with Gasteiger partial charge in [0.15, 0.2) is 6.54 Å². The third kappa shape index (κ3) is 3.96. The molecule has 0 unspecified atom stereocenters. The topological polar surface area (TPSA) is 42.8 Å². The standard InChI is InChI=1S/C13H24N2O2/c1-10-7-15(8-11(2)17-10)9-13(16)14-12-5-3-4-6-12/h10-12H,3-9H2,1-2H3,(H,14,16)/p+1/t10-,11-/m0/s1. The quantitative estimate of drug-likeness (QED) is 0.715. The van der Waals surface area contributed by atoms with Gasteiger partial charge in [0.1, 0.15) is 25.3 Å². The Morgan fingerprint density at radius 3 is 2.41 bits per heavy atom. The average Bonchev–Trinajstić information content (AvgIpc) is 2.67. The van der Waals surface area contributed by atoms with Crippen LogP contribution >= 0.6 is 0 Å². The van der Waals surface area contributed by atoms with Gasteiger partial charge in [-0.3, -0.25) is 4.79 Å². The Morgan fingerprint density at radius 1 is 1.24 bits per heavy atom. The fourth-order valence-electron chi connectivity index (χ4n) is 3.11. The molecular weight excluding hydrogens is 216 g/mol. The molecule has 2 fully saturated rings. The van der Waals surface area contributed by atoms with E-state index in [-0.39, 0.29) is 18.1 Å². The Labute approximate surface area is 104 Å². The van der Waals surface area contributed by atoms with Crippen molar-refractivity contribution in [3.8, 4) is 0 Å². The van der Waals surface area contributed by atoms with Crippen LogP contribution in [0.5, 0.6) is 0 Å². The monoisotopic (exact) mass is 241 g/mol. The maximum absolute atomic E-state index is 11.9. The molecule has 98 valence electrons. The second-order valence-electron chi connectivity index (χ2n) is 5.64. The molecule has 2 rings (SSSR count). The molecular formula is C13H25N2O2+. The van der Waals surface area contributed by atoms with Gasteiger partial charge in [-0.25, -0.2) is 0 Å². The van der Waals surface area contributed by atoms with Crippen LogP contribution in [0.2, 0.25) is 0 Å². The summed E-state index contributed by atoms with van der Waals surface area (Å²) in [4.78, 5) is 13.3. The normalized spacial score (nSPS) is 34.8. The Balaban J connectivity index is 1.73. The average molecular weight is 241 g/mol. The van der Waals surface area contributed by atoms with E-state index >= 15 is 0 Å². The van der Waals surface area contributed by atoms with Gasteiger partial charge < -0.3 is 15.0 Å². The summed E-state index contributed by atoms with van der Waals surface area (Å²) in [6, 6.07) is 0.442. The van der Waals surface area contributed by atoms with Crippen molar-refractivity contribution in [2.45, 2.75) is 57.8 Å². The van der Waals surface area contributed by atoms with E-state index in [9.17, 15) is 4.79 Å². The molecule has 0 aromatic carbocycles. The van der Waals surface area contributed by atoms with Gasteiger partial charge in [-0.1, -0.05) is 12.8 Å². The molecule has 17 heavy (non-hydrogen) atoms. The third-order valence-corrected chi connectivity index (χ3v) is 3.75. The first kappa shape index (κ1) is 12.8. The lowest BCUT2D eigenvalue weighted by Gasteiger charge is -2.32. The minimum atomic E-state index is 0.216. The van der Waals surface area contributed by atoms with Crippen LogP contribution in [-0.2, 0) is 9.53 Å². The van der Waals surface area contributed by atoms with E-state index < -0.39 is 0 Å². The van der Waals surface area contributed by atoms with Gasteiger partial charge in [-0.15, -0.1) is 0 Å². The van der Waals surface area contributed by atoms with Gasteiger partial charge in [0.25, 0.3) is 5.91 Å². The summed E-state index contributed by atoms with van der Waals surface area (Å²) < 4.78 is 5.68. The zero-order valence-corrected chi connectivity index (χ0v) is 11.0. The van der Waals surface area contributed by atoms with Gasteiger partial charge in [0.2, 0.25) is 0 Å². The van der Waals surface area contributed by atoms with E-state index in [2.05, 4.69) is 19.2 Å². The van der Waals surface area contributed by atoms with Crippen LogP contribution in [0.15, 0.2) is 0 Å². The van der Waals surface area contributed by atoms with Crippen LogP contribution in [0, 0.1) is 0 Å². The number of carbonyl (C=O) groups excluding carboxylic acids is 1. The van der Waals surface area contributed by atoms with Crippen molar-refractivity contribution < 1.29 is 14.4 Å². The van der Waals surface area contributed by atoms with Crippen molar-refractivity contribution in [3.05, 3.63) is 0 Å². The Hall–Kier alpha value is -0.610. The molecule has 1 saturated heterocycles. The molecule has 4 nitrogen and oxygen atoms in total. The summed E-state index contributed by atoms with van der Waals surface area (Å²) in [6.45, 7) is 6.68. The van der Waals surface area contributed by atoms with E-state index in [1.165, 1.54) is 17.7 Å². The van der Waals surface area contributed by atoms with E-state index in [1.54, 1.807) is 0 Å². The maximum Gasteiger partial charge on any atom is 0.275 e. The highest BCUT2D eigenvalue weighted by molar-refractivity contribution is 5.77. The van der Waals surface area contributed by atoms with E-state index in [0.717, 1.165) is 25.9 Å². The van der Waals surface area contributed by atoms with Crippen molar-refractivity contribution in [1.29, 1.82) is 0 Å². The van der Waals surface area contributed by atoms with Gasteiger partial charge in [0.05, 0.1) is 0 Å². The van der Waals surface area contributed by atoms with Crippen LogP contribution < -0.4 is 10.2 Å². The highest BCUT2D eigenvalue weighted by atomic mass is 16.5. The van der Waals surface area contributed by atoms with Crippen LogP contribution in [-0.4, -0.2) is 43.8 Å². The minimum Gasteiger partial charge on any atom is -0.364 e. The zero-order valence-electron chi connectivity index (χ0n) is 11.0. The van der Waals surface area contributed by atoms with Crippen molar-refractivity contribution in [3.63, 3.8) is 0 Å². The Kier molecular flexibility index (Phi) is 4.40. The first-order valence-electron chi connectivity index (χ1n) is 6.92. The van der Waals surface area contributed by atoms with Crippen molar-refractivity contribution in [2.75, 3.05) is 19.6 Å². The molecule has 4 heteroatoms. The molecule has 0 bridgehead atoms. The van der Waals surface area contributed by atoms with E-state index in [1.807, 2.05) is 0 Å². The minimum absolute atomic E-state index is 0.216. The van der Waals surface area contributed by atoms with Gasteiger partial charge in [-0.2, -0.15) is 0 Å². The summed E-state index contributed by atoms with van der Waals surface area (Å²) >= 11 is 0. The molecule has 0 aromatic rings. The van der Waals surface area contributed by atoms with Crippen LogP contribution in [0.1, 0.15) is 39.5 Å². The smallest absolute Gasteiger partial charge is 0.275 e. The van der Waals surface area contributed by atoms with Crippen LogP contribution in [0.4, 0.5) is 0 Å². The largest absolute Gasteiger partial charge is 0.364 e. The van der Waals surface area contributed by atoms with Crippen molar-refractivity contribution >= 4 is 5.91 Å². The summed E-state index contributed by atoms with van der Waals surface area (Å²) in [5.74, 6) is 0.216. The van der Waals surface area contributed by atoms with E-state index in [0.29, 0.717) is 12.6 Å². The predicted octanol–water partition coefficient (Wildman–Crippen LogP) is -0.263. The number of nitrogens with one attached hydrogen (secondary N) is 2. The second kappa shape index (κ2) is 5.83. The number of quaternary nitrogens is 1. The molecule has 2 N–H and O–H groups in total. The number of carbonyl (C=O) groups is 1. The summed E-state index contributed by atoms with van der Waals surface area (Å²) in [5.41, 5.74) is 0. The van der Waals surface area contributed by atoms with Crippen LogP contribution in [0.3, 0.4) is 0 Å². The number of ether oxygens (including phenoxy) is 1. The summed E-state index contributed by atoms with van der Waals surface area (Å²) in [7, 11) is 0. The first-order valence-corrected chi connectivity index (χ1v) is 6.92. The predicted molar refractivity (Wildman–Crippen MR) is 66.0 cm³/mol. The molecule has 0 aromatic heterocycles. The molecule has 0 radical (unpaired) electrons. The van der Waals surface area contributed by atoms with Crippen molar-refractivity contribution in [2.24, 2.45) is 0 Å². The first-order chi connectivity index (χ1) is 8.13. The molecule has 2 aliphatic rings. The van der Waals surface area contributed by atoms with Gasteiger partial charge in [0, 0.05) is 6.04 Å². The van der Waals surface area contributed by atoms with E-state index in [4.69, 9.17) is 4.74 Å². The molecule has 1 aliphatic heterocycles. The number of amides is 1. The maximum atomic E-state index is 11.9. The third-order valence-electron chi connectivity index (χ3n) is 3.75. The lowest BCUT2D eigenvalue weighted by molar-refractivity contribution is -0.907. The molecule has 2 atom stereocenters. The van der Waals surface area contributed by atoms with Gasteiger partial charge >= 0.3 is 0 Å². The van der Waals surface area contributed by atoms with Crippen molar-refractivity contribution in [1.82, 2.24) is 5.32 Å².